The molecule has 0 heterocycles. The Labute approximate surface area is 317 Å². The summed E-state index contributed by atoms with van der Waals surface area (Å²) < 4.78 is 32.3. The molecular formula is C39H69O13P. The predicted octanol–water partition coefficient (Wildman–Crippen LogP) is 6.15. The van der Waals surface area contributed by atoms with E-state index in [0.29, 0.717) is 12.3 Å². The van der Waals surface area contributed by atoms with Gasteiger partial charge in [-0.2, -0.15) is 0 Å². The summed E-state index contributed by atoms with van der Waals surface area (Å²) in [5.74, 6) is -0.555. The molecule has 0 aromatic carbocycles. The van der Waals surface area contributed by atoms with Crippen LogP contribution in [0.1, 0.15) is 124 Å². The molecule has 6 atom stereocenters. The third-order valence-corrected chi connectivity index (χ3v) is 8.98. The predicted molar refractivity (Wildman–Crippen MR) is 205 cm³/mol. The van der Waals surface area contributed by atoms with Crippen LogP contribution < -0.4 is 0 Å². The van der Waals surface area contributed by atoms with Crippen molar-refractivity contribution in [1.82, 2.24) is 0 Å². The van der Waals surface area contributed by atoms with Crippen molar-refractivity contribution in [2.24, 2.45) is 5.92 Å². The molecule has 0 bridgehead atoms. The zero-order chi connectivity index (χ0) is 39.7. The molecule has 1 unspecified atom stereocenters. The van der Waals surface area contributed by atoms with Gasteiger partial charge in [-0.3, -0.25) is 18.6 Å². The van der Waals surface area contributed by atoms with Gasteiger partial charge in [-0.25, -0.2) is 4.57 Å². The molecule has 0 aromatic rings. The zero-order valence-electron chi connectivity index (χ0n) is 32.2. The van der Waals surface area contributed by atoms with Gasteiger partial charge < -0.3 is 39.9 Å². The lowest BCUT2D eigenvalue weighted by atomic mass is 10.0. The minimum Gasteiger partial charge on any atom is -0.462 e. The van der Waals surface area contributed by atoms with E-state index in [1.807, 2.05) is 0 Å². The monoisotopic (exact) mass is 776 g/mol. The molecule has 0 rings (SSSR count). The summed E-state index contributed by atoms with van der Waals surface area (Å²) in [5, 5.41) is 48.6. The fourth-order valence-electron chi connectivity index (χ4n) is 4.85. The number of unbranched alkanes of at least 4 members (excludes halogenated alkanes) is 8. The molecule has 53 heavy (non-hydrogen) atoms. The van der Waals surface area contributed by atoms with Crippen LogP contribution >= 0.6 is 7.82 Å². The second-order valence-corrected chi connectivity index (χ2v) is 15.1. The Morgan fingerprint density at radius 3 is 1.87 bits per heavy atom. The average Bonchev–Trinajstić information content (AvgIpc) is 3.11. The fraction of sp³-hybridized carbons (Fsp3) is 0.744. The van der Waals surface area contributed by atoms with Crippen LogP contribution in [-0.2, 0) is 32.7 Å². The molecule has 0 amide bonds. The first-order valence-corrected chi connectivity index (χ1v) is 20.8. The quantitative estimate of drug-likeness (QED) is 0.0188. The number of phosphoric acid groups is 1. The molecule has 14 heteroatoms. The van der Waals surface area contributed by atoms with Gasteiger partial charge in [-0.05, 0) is 31.6 Å². The number of aliphatic hydroxyl groups is 5. The Balaban J connectivity index is 4.71. The van der Waals surface area contributed by atoms with Gasteiger partial charge >= 0.3 is 19.8 Å². The molecule has 0 saturated heterocycles. The lowest BCUT2D eigenvalue weighted by Gasteiger charge is -2.20. The molecule has 308 valence electrons. The number of allylic oxidation sites excluding steroid dienone is 6. The van der Waals surface area contributed by atoms with E-state index in [2.05, 4.69) is 25.3 Å². The molecule has 6 N–H and O–H groups in total. The highest BCUT2D eigenvalue weighted by Gasteiger charge is 2.27. The van der Waals surface area contributed by atoms with Gasteiger partial charge in [0, 0.05) is 12.8 Å². The van der Waals surface area contributed by atoms with E-state index in [1.165, 1.54) is 25.3 Å². The summed E-state index contributed by atoms with van der Waals surface area (Å²) in [6, 6.07) is 0. The number of carbonyl (C=O) groups is 2. The Kier molecular flexibility index (Phi) is 31.8. The number of esters is 2. The van der Waals surface area contributed by atoms with Crippen molar-refractivity contribution in [2.75, 3.05) is 26.4 Å². The first-order valence-electron chi connectivity index (χ1n) is 19.3. The normalized spacial score (nSPS) is 16.4. The summed E-state index contributed by atoms with van der Waals surface area (Å²) in [5.41, 5.74) is 0. The summed E-state index contributed by atoms with van der Waals surface area (Å²) in [7, 11) is -4.69. The van der Waals surface area contributed by atoms with Crippen LogP contribution in [-0.4, -0.2) is 99.3 Å². The van der Waals surface area contributed by atoms with E-state index in [-0.39, 0.29) is 25.7 Å². The van der Waals surface area contributed by atoms with Gasteiger partial charge in [0.15, 0.2) is 6.10 Å². The van der Waals surface area contributed by atoms with Crippen molar-refractivity contribution in [3.8, 4) is 0 Å². The highest BCUT2D eigenvalue weighted by Crippen LogP contribution is 2.43. The van der Waals surface area contributed by atoms with Gasteiger partial charge in [-0.1, -0.05) is 134 Å². The number of aliphatic hydroxyl groups excluding tert-OH is 5. The third kappa shape index (κ3) is 32.9. The van der Waals surface area contributed by atoms with Gasteiger partial charge in [0.25, 0.3) is 0 Å². The molecule has 0 aliphatic heterocycles. The van der Waals surface area contributed by atoms with Crippen LogP contribution in [0.2, 0.25) is 0 Å². The maximum atomic E-state index is 12.5. The maximum Gasteiger partial charge on any atom is 0.472 e. The largest absolute Gasteiger partial charge is 0.472 e. The topological polar surface area (TPSA) is 210 Å². The Hall–Kier alpha value is -2.19. The van der Waals surface area contributed by atoms with E-state index in [1.54, 1.807) is 42.5 Å². The van der Waals surface area contributed by atoms with Gasteiger partial charge in [0.1, 0.15) is 12.7 Å². The molecule has 0 aliphatic rings. The summed E-state index contributed by atoms with van der Waals surface area (Å²) in [4.78, 5) is 34.8. The first kappa shape index (κ1) is 50.8. The minimum absolute atomic E-state index is 0.0970. The lowest BCUT2D eigenvalue weighted by molar-refractivity contribution is -0.161. The van der Waals surface area contributed by atoms with E-state index in [9.17, 15) is 39.5 Å². The maximum absolute atomic E-state index is 12.5. The van der Waals surface area contributed by atoms with Crippen LogP contribution in [0.4, 0.5) is 0 Å². The van der Waals surface area contributed by atoms with Crippen LogP contribution in [0.25, 0.3) is 0 Å². The van der Waals surface area contributed by atoms with Crippen LogP contribution in [0.15, 0.2) is 48.6 Å². The van der Waals surface area contributed by atoms with Gasteiger partial charge in [-0.15, -0.1) is 0 Å². The van der Waals surface area contributed by atoms with Crippen molar-refractivity contribution in [3.63, 3.8) is 0 Å². The first-order chi connectivity index (χ1) is 25.3. The van der Waals surface area contributed by atoms with E-state index in [0.717, 1.165) is 51.4 Å². The highest BCUT2D eigenvalue weighted by atomic mass is 31.2. The summed E-state index contributed by atoms with van der Waals surface area (Å²) in [6.45, 7) is 4.07. The van der Waals surface area contributed by atoms with Crippen LogP contribution in [0.5, 0.6) is 0 Å². The smallest absolute Gasteiger partial charge is 0.462 e. The van der Waals surface area contributed by atoms with Crippen molar-refractivity contribution in [2.45, 2.75) is 154 Å². The number of hydrogen-bond acceptors (Lipinski definition) is 12. The SMILES string of the molecule is CCCCC[C@@H](O)/C=C/C=C\C=C\C=C\[C@@H](O)[C@H](O)CCCC(=O)OC[C@H](COP(=O)(O)OC[C@@H](O)CO)OC(=O)CCCCCCCCCC(C)C. The molecule has 0 fully saturated rings. The van der Waals surface area contributed by atoms with E-state index in [4.69, 9.17) is 19.1 Å². The molecule has 0 spiro atoms. The lowest BCUT2D eigenvalue weighted by Crippen LogP contribution is -2.30. The Morgan fingerprint density at radius 2 is 1.23 bits per heavy atom. The molecule has 0 radical (unpaired) electrons. The Bertz CT molecular complexity index is 1090. The van der Waals surface area contributed by atoms with Crippen molar-refractivity contribution < 1.29 is 63.1 Å². The Morgan fingerprint density at radius 1 is 0.660 bits per heavy atom. The van der Waals surface area contributed by atoms with Gasteiger partial charge in [0.05, 0.1) is 38.1 Å². The summed E-state index contributed by atoms with van der Waals surface area (Å²) in [6.07, 6.45) is 20.6. The number of rotatable bonds is 34. The number of ether oxygens (including phenoxy) is 2. The second-order valence-electron chi connectivity index (χ2n) is 13.7. The third-order valence-electron chi connectivity index (χ3n) is 8.03. The number of hydrogen-bond donors (Lipinski definition) is 6. The standard InChI is InChI=1S/C39H69O13P/c1-4-5-15-22-33(41)23-17-12-9-10-13-18-24-36(43)37(44)25-20-27-38(45)49-30-35(31-51-53(47,48)50-29-34(42)28-40)52-39(46)26-19-14-8-6-7-11-16-21-32(2)3/h9-10,12-13,17-18,23-24,32-37,40-44H,4-8,11,14-16,19-22,25-31H2,1-3H3,(H,47,48)/b12-9-,13-10+,23-17+,24-18+/t33-,34+,35-,36-,37-/m1/s1. The summed E-state index contributed by atoms with van der Waals surface area (Å²) >= 11 is 0. The highest BCUT2D eigenvalue weighted by molar-refractivity contribution is 7.47. The zero-order valence-corrected chi connectivity index (χ0v) is 33.1. The molecule has 0 saturated carbocycles. The van der Waals surface area contributed by atoms with Crippen molar-refractivity contribution >= 4 is 19.8 Å². The van der Waals surface area contributed by atoms with E-state index < -0.39 is 76.7 Å². The molecule has 0 aliphatic carbocycles. The minimum atomic E-state index is -4.69. The second kappa shape index (κ2) is 33.2. The van der Waals surface area contributed by atoms with Crippen LogP contribution in [0, 0.1) is 5.92 Å². The average molecular weight is 777 g/mol. The molecule has 13 nitrogen and oxygen atoms in total. The van der Waals surface area contributed by atoms with Crippen molar-refractivity contribution in [1.29, 1.82) is 0 Å². The number of carbonyl (C=O) groups excluding carboxylic acids is 2. The molecular weight excluding hydrogens is 707 g/mol. The molecule has 0 aromatic heterocycles. The van der Waals surface area contributed by atoms with E-state index >= 15 is 0 Å². The van der Waals surface area contributed by atoms with Crippen LogP contribution in [0.3, 0.4) is 0 Å². The number of phosphoric ester groups is 1. The van der Waals surface area contributed by atoms with Gasteiger partial charge in [0.2, 0.25) is 0 Å². The fourth-order valence-corrected chi connectivity index (χ4v) is 5.64. The van der Waals surface area contributed by atoms with Crippen molar-refractivity contribution in [3.05, 3.63) is 48.6 Å².